The van der Waals surface area contributed by atoms with Gasteiger partial charge in [0.1, 0.15) is 5.54 Å². The van der Waals surface area contributed by atoms with Crippen LogP contribution < -0.4 is 10.6 Å². The summed E-state index contributed by atoms with van der Waals surface area (Å²) < 4.78 is 1.88. The smallest absolute Gasteiger partial charge is 0.325 e. The zero-order valence-corrected chi connectivity index (χ0v) is 18.1. The van der Waals surface area contributed by atoms with Crippen molar-refractivity contribution in [1.82, 2.24) is 19.8 Å². The van der Waals surface area contributed by atoms with Crippen molar-refractivity contribution in [2.45, 2.75) is 47.7 Å². The average Bonchev–Trinajstić information content (AvgIpc) is 3.39. The number of halogens is 1. The van der Waals surface area contributed by atoms with Crippen molar-refractivity contribution in [3.05, 3.63) is 35.6 Å². The fourth-order valence-corrected chi connectivity index (χ4v) is 4.90. The number of aryl methyl sites for hydroxylation is 1. The number of nitrogens with zero attached hydrogens (tertiary/aromatic N) is 3. The van der Waals surface area contributed by atoms with Gasteiger partial charge in [-0.15, -0.1) is 0 Å². The summed E-state index contributed by atoms with van der Waals surface area (Å²) in [5.74, 6) is -0.515. The molecule has 2 heterocycles. The molecule has 8 nitrogen and oxygen atoms in total. The Morgan fingerprint density at radius 1 is 1.33 bits per heavy atom. The molecule has 0 radical (unpaired) electrons. The Bertz CT molecular complexity index is 1000. The van der Waals surface area contributed by atoms with Crippen LogP contribution in [0.2, 0.25) is 5.02 Å². The summed E-state index contributed by atoms with van der Waals surface area (Å²) in [7, 11) is 1.89. The first kappa shape index (κ1) is 20.7. The molecule has 2 fully saturated rings. The minimum Gasteiger partial charge on any atom is -0.329 e. The lowest BCUT2D eigenvalue weighted by molar-refractivity contribution is -0.131. The van der Waals surface area contributed by atoms with Gasteiger partial charge in [-0.2, -0.15) is 0 Å². The topological polar surface area (TPSA) is 96.3 Å². The quantitative estimate of drug-likeness (QED) is 0.661. The Kier molecular flexibility index (Phi) is 5.75. The number of rotatable bonds is 6. The van der Waals surface area contributed by atoms with Gasteiger partial charge in [-0.25, -0.2) is 9.78 Å². The Hall–Kier alpha value is -2.52. The van der Waals surface area contributed by atoms with E-state index in [1.54, 1.807) is 18.3 Å². The molecule has 4 amide bonds. The third-order valence-electron chi connectivity index (χ3n) is 5.46. The zero-order chi connectivity index (χ0) is 21.3. The van der Waals surface area contributed by atoms with E-state index in [2.05, 4.69) is 15.6 Å². The van der Waals surface area contributed by atoms with E-state index in [1.807, 2.05) is 23.9 Å². The van der Waals surface area contributed by atoms with Crippen LogP contribution in [0.4, 0.5) is 10.5 Å². The lowest BCUT2D eigenvalue weighted by Gasteiger charge is -2.20. The number of amides is 4. The van der Waals surface area contributed by atoms with Crippen LogP contribution >= 0.6 is 23.4 Å². The highest BCUT2D eigenvalue weighted by molar-refractivity contribution is 7.99. The average molecular weight is 448 g/mol. The standard InChI is InChI=1S/C20H22ClN5O3S/c1-25-11-9-22-19(25)30-15-5-4-13(21)12-14(15)23-16(27)6-10-26-17(28)20(24-18(26)29)7-2-3-8-20/h4-5,9,11-12H,2-3,6-8,10H2,1H3,(H,23,27)(H,24,29). The van der Waals surface area contributed by atoms with E-state index in [0.717, 1.165) is 27.8 Å². The highest BCUT2D eigenvalue weighted by atomic mass is 35.5. The molecule has 2 N–H and O–H groups in total. The first-order valence-corrected chi connectivity index (χ1v) is 11.0. The SMILES string of the molecule is Cn1ccnc1Sc1ccc(Cl)cc1NC(=O)CCN1C(=O)NC2(CCCC2)C1=O. The first-order valence-electron chi connectivity index (χ1n) is 9.77. The maximum absolute atomic E-state index is 12.7. The molecule has 1 aliphatic heterocycles. The van der Waals surface area contributed by atoms with E-state index in [4.69, 9.17) is 11.6 Å². The fourth-order valence-electron chi connectivity index (χ4n) is 3.86. The molecule has 2 aromatic rings. The maximum Gasteiger partial charge on any atom is 0.325 e. The molecule has 30 heavy (non-hydrogen) atoms. The largest absolute Gasteiger partial charge is 0.329 e. The lowest BCUT2D eigenvalue weighted by atomic mass is 9.98. The van der Waals surface area contributed by atoms with Crippen LogP contribution in [0.25, 0.3) is 0 Å². The molecule has 1 aromatic carbocycles. The van der Waals surface area contributed by atoms with E-state index in [-0.39, 0.29) is 24.8 Å². The number of imidazole rings is 1. The van der Waals surface area contributed by atoms with Gasteiger partial charge in [0.15, 0.2) is 5.16 Å². The minimum atomic E-state index is -0.758. The summed E-state index contributed by atoms with van der Waals surface area (Å²) in [6, 6.07) is 4.82. The summed E-state index contributed by atoms with van der Waals surface area (Å²) >= 11 is 7.52. The van der Waals surface area contributed by atoms with Crippen LogP contribution in [0.3, 0.4) is 0 Å². The molecule has 1 saturated heterocycles. The molecule has 158 valence electrons. The molecule has 0 atom stereocenters. The summed E-state index contributed by atoms with van der Waals surface area (Å²) in [6.07, 6.45) is 6.72. The van der Waals surface area contributed by atoms with Crippen LogP contribution in [-0.4, -0.2) is 44.4 Å². The van der Waals surface area contributed by atoms with E-state index in [1.165, 1.54) is 11.8 Å². The molecule has 1 saturated carbocycles. The van der Waals surface area contributed by atoms with Crippen molar-refractivity contribution in [2.75, 3.05) is 11.9 Å². The Morgan fingerprint density at radius 3 is 2.80 bits per heavy atom. The third kappa shape index (κ3) is 4.04. The van der Waals surface area contributed by atoms with Gasteiger partial charge >= 0.3 is 6.03 Å². The summed E-state index contributed by atoms with van der Waals surface area (Å²) in [5, 5.41) is 6.94. The van der Waals surface area contributed by atoms with Crippen LogP contribution in [-0.2, 0) is 16.6 Å². The molecule has 2 aliphatic rings. The summed E-state index contributed by atoms with van der Waals surface area (Å²) in [5.41, 5.74) is -0.197. The highest BCUT2D eigenvalue weighted by Crippen LogP contribution is 2.36. The predicted molar refractivity (Wildman–Crippen MR) is 113 cm³/mol. The molecular weight excluding hydrogens is 426 g/mol. The monoisotopic (exact) mass is 447 g/mol. The number of anilines is 1. The van der Waals surface area contributed by atoms with Gasteiger partial charge in [0.05, 0.1) is 5.69 Å². The zero-order valence-electron chi connectivity index (χ0n) is 16.5. The van der Waals surface area contributed by atoms with Gasteiger partial charge in [0, 0.05) is 42.3 Å². The Balaban J connectivity index is 1.41. The van der Waals surface area contributed by atoms with Crippen LogP contribution in [0, 0.1) is 0 Å². The van der Waals surface area contributed by atoms with Crippen molar-refractivity contribution in [2.24, 2.45) is 7.05 Å². The van der Waals surface area contributed by atoms with Crippen LogP contribution in [0.1, 0.15) is 32.1 Å². The van der Waals surface area contributed by atoms with E-state index >= 15 is 0 Å². The second kappa shape index (κ2) is 8.31. The summed E-state index contributed by atoms with van der Waals surface area (Å²) in [6.45, 7) is 0.0423. The number of aromatic nitrogens is 2. The number of nitrogens with one attached hydrogen (secondary N) is 2. The fraction of sp³-hybridized carbons (Fsp3) is 0.400. The van der Waals surface area contributed by atoms with Gasteiger partial charge in [0.2, 0.25) is 5.91 Å². The molecular formula is C20H22ClN5O3S. The number of carbonyl (C=O) groups is 3. The number of hydrogen-bond donors (Lipinski definition) is 2. The highest BCUT2D eigenvalue weighted by Gasteiger charge is 2.52. The van der Waals surface area contributed by atoms with Crippen molar-refractivity contribution >= 4 is 46.9 Å². The Morgan fingerprint density at radius 2 is 2.10 bits per heavy atom. The minimum absolute atomic E-state index is 0.00820. The van der Waals surface area contributed by atoms with Gasteiger partial charge in [-0.3, -0.25) is 14.5 Å². The second-order valence-electron chi connectivity index (χ2n) is 7.54. The number of urea groups is 1. The van der Waals surface area contributed by atoms with Crippen molar-refractivity contribution in [3.63, 3.8) is 0 Å². The molecule has 1 spiro atoms. The molecule has 1 aliphatic carbocycles. The maximum atomic E-state index is 12.7. The van der Waals surface area contributed by atoms with Gasteiger partial charge in [-0.1, -0.05) is 24.4 Å². The normalized spacial score (nSPS) is 17.6. The predicted octanol–water partition coefficient (Wildman–Crippen LogP) is 3.42. The van der Waals surface area contributed by atoms with E-state index in [9.17, 15) is 14.4 Å². The van der Waals surface area contributed by atoms with Gasteiger partial charge in [0.25, 0.3) is 5.91 Å². The van der Waals surface area contributed by atoms with Crippen LogP contribution in [0.15, 0.2) is 40.6 Å². The molecule has 1 aromatic heterocycles. The van der Waals surface area contributed by atoms with Gasteiger partial charge in [-0.05, 0) is 42.8 Å². The van der Waals surface area contributed by atoms with Gasteiger partial charge < -0.3 is 15.2 Å². The Labute approximate surface area is 183 Å². The number of imide groups is 1. The van der Waals surface area contributed by atoms with E-state index in [0.29, 0.717) is 23.6 Å². The first-order chi connectivity index (χ1) is 14.4. The third-order valence-corrected chi connectivity index (χ3v) is 6.85. The van der Waals surface area contributed by atoms with E-state index < -0.39 is 11.6 Å². The molecule has 10 heteroatoms. The molecule has 0 unspecified atom stereocenters. The molecule has 4 rings (SSSR count). The number of benzene rings is 1. The van der Waals surface area contributed by atoms with Crippen molar-refractivity contribution in [1.29, 1.82) is 0 Å². The number of carbonyl (C=O) groups excluding carboxylic acids is 3. The van der Waals surface area contributed by atoms with Crippen molar-refractivity contribution < 1.29 is 14.4 Å². The number of hydrogen-bond acceptors (Lipinski definition) is 5. The summed E-state index contributed by atoms with van der Waals surface area (Å²) in [4.78, 5) is 43.8. The second-order valence-corrected chi connectivity index (χ2v) is 8.98. The van der Waals surface area contributed by atoms with Crippen molar-refractivity contribution in [3.8, 4) is 0 Å². The molecule has 0 bridgehead atoms. The van der Waals surface area contributed by atoms with Crippen LogP contribution in [0.5, 0.6) is 0 Å². The lowest BCUT2D eigenvalue weighted by Crippen LogP contribution is -2.44.